The summed E-state index contributed by atoms with van der Waals surface area (Å²) >= 11 is 1.26. The van der Waals surface area contributed by atoms with Crippen LogP contribution in [0.5, 0.6) is 0 Å². The van der Waals surface area contributed by atoms with Gasteiger partial charge < -0.3 is 4.90 Å². The van der Waals surface area contributed by atoms with Crippen LogP contribution in [0.3, 0.4) is 0 Å². The normalized spacial score (nSPS) is 11.1. The van der Waals surface area contributed by atoms with Gasteiger partial charge in [0.15, 0.2) is 5.13 Å². The van der Waals surface area contributed by atoms with Gasteiger partial charge in [-0.25, -0.2) is 22.5 Å². The zero-order chi connectivity index (χ0) is 25.9. The van der Waals surface area contributed by atoms with Gasteiger partial charge in [-0.15, -0.1) is 11.3 Å². The average Bonchev–Trinajstić information content (AvgIpc) is 3.24. The number of halogens is 1. The average molecular weight is 521 g/mol. The largest absolute Gasteiger partial charge is 0.313 e. The van der Waals surface area contributed by atoms with Crippen LogP contribution >= 0.6 is 11.3 Å². The second-order valence-electron chi connectivity index (χ2n) is 8.05. The van der Waals surface area contributed by atoms with Crippen LogP contribution in [0.25, 0.3) is 11.1 Å². The summed E-state index contributed by atoms with van der Waals surface area (Å²) in [4.78, 5) is 19.4. The molecule has 0 radical (unpaired) electrons. The number of rotatable bonds is 7. The number of aryl methyl sites for hydroxylation is 1. The van der Waals surface area contributed by atoms with E-state index in [9.17, 15) is 17.6 Å². The van der Waals surface area contributed by atoms with Gasteiger partial charge in [0.1, 0.15) is 11.5 Å². The van der Waals surface area contributed by atoms with Crippen molar-refractivity contribution in [2.45, 2.75) is 13.5 Å². The summed E-state index contributed by atoms with van der Waals surface area (Å²) in [6, 6.07) is 23.1. The number of nitrogens with one attached hydrogen (secondary N) is 1. The number of aromatic nitrogens is 1. The third-order valence-electron chi connectivity index (χ3n) is 5.29. The summed E-state index contributed by atoms with van der Waals surface area (Å²) in [5.74, 6) is -1.09. The fourth-order valence-electron chi connectivity index (χ4n) is 3.54. The Bertz CT molecular complexity index is 1540. The Balaban J connectivity index is 1.67. The SMILES string of the molecule is Cc1sc(N(Cc2ccc(-c3ccc(F)cc3)cc2)c2ccc(C#N)cc2)nc1C(=O)NS(C)(=O)=O. The zero-order valence-corrected chi connectivity index (χ0v) is 21.0. The first-order valence-corrected chi connectivity index (χ1v) is 13.5. The zero-order valence-electron chi connectivity index (χ0n) is 19.4. The molecule has 1 N–H and O–H groups in total. The summed E-state index contributed by atoms with van der Waals surface area (Å²) in [6.45, 7) is 2.10. The summed E-state index contributed by atoms with van der Waals surface area (Å²) in [5, 5.41) is 9.66. The molecule has 0 aliphatic carbocycles. The van der Waals surface area contributed by atoms with Crippen molar-refractivity contribution in [1.82, 2.24) is 9.71 Å². The van der Waals surface area contributed by atoms with Crippen molar-refractivity contribution in [3.63, 3.8) is 0 Å². The second kappa shape index (κ2) is 10.3. The molecule has 1 aromatic heterocycles. The molecule has 7 nitrogen and oxygen atoms in total. The number of hydrogen-bond acceptors (Lipinski definition) is 7. The molecule has 0 saturated carbocycles. The van der Waals surface area contributed by atoms with Crippen LogP contribution < -0.4 is 9.62 Å². The van der Waals surface area contributed by atoms with E-state index in [4.69, 9.17) is 5.26 Å². The van der Waals surface area contributed by atoms with Gasteiger partial charge in [0.05, 0.1) is 24.4 Å². The second-order valence-corrected chi connectivity index (χ2v) is 11.0. The molecule has 1 heterocycles. The Morgan fingerprint density at radius 3 is 2.17 bits per heavy atom. The van der Waals surface area contributed by atoms with Crippen LogP contribution in [0.2, 0.25) is 0 Å². The first-order chi connectivity index (χ1) is 17.1. The molecule has 4 aromatic rings. The highest BCUT2D eigenvalue weighted by Crippen LogP contribution is 2.33. The first-order valence-electron chi connectivity index (χ1n) is 10.7. The molecule has 3 aromatic carbocycles. The van der Waals surface area contributed by atoms with Crippen molar-refractivity contribution in [2.24, 2.45) is 0 Å². The number of sulfonamides is 1. The highest BCUT2D eigenvalue weighted by molar-refractivity contribution is 7.89. The molecule has 4 rings (SSSR count). The lowest BCUT2D eigenvalue weighted by Gasteiger charge is -2.22. The van der Waals surface area contributed by atoms with Crippen LogP contribution in [-0.4, -0.2) is 25.6 Å². The van der Waals surface area contributed by atoms with E-state index in [0.29, 0.717) is 22.1 Å². The minimum Gasteiger partial charge on any atom is -0.313 e. The third-order valence-corrected chi connectivity index (χ3v) is 6.84. The van der Waals surface area contributed by atoms with Crippen LogP contribution in [0.1, 0.15) is 26.5 Å². The fraction of sp³-hybridized carbons (Fsp3) is 0.115. The fourth-order valence-corrected chi connectivity index (χ4v) is 4.90. The van der Waals surface area contributed by atoms with Gasteiger partial charge in [-0.3, -0.25) is 4.79 Å². The molecule has 0 fully saturated rings. The summed E-state index contributed by atoms with van der Waals surface area (Å²) in [6.07, 6.45) is 0.909. The number of nitrogens with zero attached hydrogens (tertiary/aromatic N) is 3. The van der Waals surface area contributed by atoms with Crippen molar-refractivity contribution in [2.75, 3.05) is 11.2 Å². The predicted octanol–water partition coefficient (Wildman–Crippen LogP) is 5.16. The van der Waals surface area contributed by atoms with E-state index in [1.807, 2.05) is 33.9 Å². The molecule has 0 aliphatic heterocycles. The number of nitriles is 1. The molecule has 1 amide bonds. The van der Waals surface area contributed by atoms with E-state index >= 15 is 0 Å². The van der Waals surface area contributed by atoms with E-state index in [-0.39, 0.29) is 11.5 Å². The lowest BCUT2D eigenvalue weighted by molar-refractivity contribution is 0.0977. The number of amides is 1. The Kier molecular flexibility index (Phi) is 7.15. The maximum absolute atomic E-state index is 13.3. The van der Waals surface area contributed by atoms with Gasteiger partial charge in [-0.2, -0.15) is 5.26 Å². The van der Waals surface area contributed by atoms with Gasteiger partial charge >= 0.3 is 0 Å². The number of benzene rings is 3. The monoisotopic (exact) mass is 520 g/mol. The van der Waals surface area contributed by atoms with Crippen LogP contribution in [0.15, 0.2) is 72.8 Å². The smallest absolute Gasteiger partial charge is 0.284 e. The molecule has 182 valence electrons. The van der Waals surface area contributed by atoms with Crippen molar-refractivity contribution in [3.8, 4) is 17.2 Å². The summed E-state index contributed by atoms with van der Waals surface area (Å²) < 4.78 is 38.3. The van der Waals surface area contributed by atoms with Crippen molar-refractivity contribution < 1.29 is 17.6 Å². The molecule has 0 unspecified atom stereocenters. The Labute approximate surface area is 212 Å². The third kappa shape index (κ3) is 5.94. The van der Waals surface area contributed by atoms with Gasteiger partial charge in [-0.1, -0.05) is 36.4 Å². The quantitative estimate of drug-likeness (QED) is 0.361. The van der Waals surface area contributed by atoms with Gasteiger partial charge in [0.2, 0.25) is 10.0 Å². The molecule has 0 atom stereocenters. The molecule has 0 bridgehead atoms. The van der Waals surface area contributed by atoms with Crippen LogP contribution in [0.4, 0.5) is 15.2 Å². The van der Waals surface area contributed by atoms with Gasteiger partial charge in [-0.05, 0) is 60.0 Å². The predicted molar refractivity (Wildman–Crippen MR) is 138 cm³/mol. The molecule has 10 heteroatoms. The molecule has 0 saturated heterocycles. The number of anilines is 2. The van der Waals surface area contributed by atoms with E-state index in [1.165, 1.54) is 23.5 Å². The molecular weight excluding hydrogens is 499 g/mol. The maximum Gasteiger partial charge on any atom is 0.284 e. The Morgan fingerprint density at radius 1 is 1.03 bits per heavy atom. The molecular formula is C26H21FN4O3S2. The molecule has 0 aliphatic rings. The molecule has 0 spiro atoms. The van der Waals surface area contributed by atoms with Crippen molar-refractivity contribution in [3.05, 3.63) is 100 Å². The maximum atomic E-state index is 13.3. The van der Waals surface area contributed by atoms with Gasteiger partial charge in [0.25, 0.3) is 5.91 Å². The van der Waals surface area contributed by atoms with E-state index < -0.39 is 15.9 Å². The standard InChI is InChI=1S/C26H21FN4O3S2/c1-17-24(25(32)30-36(2,33)34)29-26(35-17)31(23-13-5-18(15-28)6-14-23)16-19-3-7-20(8-4-19)21-9-11-22(27)12-10-21/h3-14H,16H2,1-2H3,(H,30,32). The summed E-state index contributed by atoms with van der Waals surface area (Å²) in [5.41, 5.74) is 4.06. The minimum atomic E-state index is -3.74. The highest BCUT2D eigenvalue weighted by Gasteiger charge is 2.22. The number of carbonyl (C=O) groups is 1. The number of carbonyl (C=O) groups excluding carboxylic acids is 1. The Hall–Kier alpha value is -4.07. The van der Waals surface area contributed by atoms with Crippen LogP contribution in [0, 0.1) is 24.1 Å². The number of thiazole rings is 1. The minimum absolute atomic E-state index is 0.0331. The lowest BCUT2D eigenvalue weighted by Crippen LogP contribution is -2.30. The van der Waals surface area contributed by atoms with E-state index in [0.717, 1.165) is 28.6 Å². The first kappa shape index (κ1) is 25.0. The lowest BCUT2D eigenvalue weighted by atomic mass is 10.0. The highest BCUT2D eigenvalue weighted by atomic mass is 32.2. The van der Waals surface area contributed by atoms with Crippen molar-refractivity contribution >= 4 is 38.1 Å². The summed E-state index contributed by atoms with van der Waals surface area (Å²) in [7, 11) is -3.74. The number of hydrogen-bond donors (Lipinski definition) is 1. The van der Waals surface area contributed by atoms with Gasteiger partial charge in [0, 0.05) is 10.6 Å². The Morgan fingerprint density at radius 2 is 1.61 bits per heavy atom. The topological polar surface area (TPSA) is 103 Å². The van der Waals surface area contributed by atoms with Crippen molar-refractivity contribution in [1.29, 1.82) is 5.26 Å². The van der Waals surface area contributed by atoms with E-state index in [2.05, 4.69) is 11.1 Å². The van der Waals surface area contributed by atoms with Crippen LogP contribution in [-0.2, 0) is 16.6 Å². The van der Waals surface area contributed by atoms with E-state index in [1.54, 1.807) is 43.3 Å². The molecule has 36 heavy (non-hydrogen) atoms.